The van der Waals surface area contributed by atoms with E-state index in [2.05, 4.69) is 4.98 Å². The molecule has 4 rings (SSSR count). The van der Waals surface area contributed by atoms with E-state index in [1.807, 2.05) is 37.2 Å². The highest BCUT2D eigenvalue weighted by Crippen LogP contribution is 2.32. The van der Waals surface area contributed by atoms with Gasteiger partial charge in [-0.05, 0) is 68.7 Å². The van der Waals surface area contributed by atoms with Gasteiger partial charge in [0.1, 0.15) is 0 Å². The first-order valence-electron chi connectivity index (χ1n) is 10.8. The highest BCUT2D eigenvalue weighted by Gasteiger charge is 2.24. The minimum absolute atomic E-state index is 0. The van der Waals surface area contributed by atoms with E-state index in [0.717, 1.165) is 10.2 Å². The molecule has 0 aliphatic heterocycles. The largest absolute Gasteiger partial charge is 1.00 e. The number of hydrogen-bond donors (Lipinski definition) is 0. The normalized spacial score (nSPS) is 11.4. The summed E-state index contributed by atoms with van der Waals surface area (Å²) in [5.74, 6) is -0.252. The number of carbonyl (C=O) groups excluding carboxylic acids is 1. The number of halogens is 2. The van der Waals surface area contributed by atoms with Crippen LogP contribution >= 0.6 is 22.9 Å². The SMILES string of the molecule is CN(C)CCN(C(=O)c1ccc(S(=O)(=O)N(C)c2ccccc2)cc1)c1nc2ccc(Cl)cc2s1.[Cl-]. The number of aromatic nitrogens is 1. The lowest BCUT2D eigenvalue weighted by Crippen LogP contribution is -3.00. The van der Waals surface area contributed by atoms with Crippen molar-refractivity contribution in [1.29, 1.82) is 0 Å². The molecule has 1 amide bonds. The maximum absolute atomic E-state index is 13.5. The Hall–Kier alpha value is -2.69. The molecule has 7 nitrogen and oxygen atoms in total. The fourth-order valence-electron chi connectivity index (χ4n) is 3.45. The van der Waals surface area contributed by atoms with Gasteiger partial charge in [0.05, 0.1) is 20.8 Å². The molecule has 0 unspecified atom stereocenters. The van der Waals surface area contributed by atoms with Crippen LogP contribution in [0.5, 0.6) is 0 Å². The minimum Gasteiger partial charge on any atom is -1.00 e. The van der Waals surface area contributed by atoms with Gasteiger partial charge in [0.15, 0.2) is 5.13 Å². The third-order valence-corrected chi connectivity index (χ3v) is 8.54. The second-order valence-corrected chi connectivity index (χ2v) is 11.6. The fraction of sp³-hybridized carbons (Fsp3) is 0.200. The van der Waals surface area contributed by atoms with Crippen LogP contribution in [0.25, 0.3) is 10.2 Å². The van der Waals surface area contributed by atoms with Crippen molar-refractivity contribution in [2.75, 3.05) is 43.4 Å². The van der Waals surface area contributed by atoms with Gasteiger partial charge < -0.3 is 17.3 Å². The highest BCUT2D eigenvalue weighted by atomic mass is 35.5. The molecule has 0 spiro atoms. The summed E-state index contributed by atoms with van der Waals surface area (Å²) in [4.78, 5) is 21.9. The first kappa shape index (κ1) is 27.9. The molecule has 4 aromatic rings. The maximum atomic E-state index is 13.5. The number of fused-ring (bicyclic) bond motifs is 1. The van der Waals surface area contributed by atoms with Gasteiger partial charge in [-0.2, -0.15) is 0 Å². The molecule has 0 radical (unpaired) electrons. The van der Waals surface area contributed by atoms with Crippen molar-refractivity contribution in [2.24, 2.45) is 0 Å². The molecule has 190 valence electrons. The number of likely N-dealkylation sites (N-methyl/N-ethyl adjacent to an activating group) is 1. The lowest BCUT2D eigenvalue weighted by Gasteiger charge is -2.22. The molecule has 0 aliphatic carbocycles. The first-order chi connectivity index (χ1) is 16.7. The third kappa shape index (κ3) is 5.99. The summed E-state index contributed by atoms with van der Waals surface area (Å²) in [5, 5.41) is 1.17. The molecule has 0 fully saturated rings. The number of anilines is 2. The second-order valence-electron chi connectivity index (χ2n) is 8.20. The van der Waals surface area contributed by atoms with Gasteiger partial charge in [0, 0.05) is 30.7 Å². The lowest BCUT2D eigenvalue weighted by molar-refractivity contribution is -0.0000169. The minimum atomic E-state index is -3.77. The molecular formula is C25H25Cl2N4O3S2-. The van der Waals surface area contributed by atoms with E-state index in [9.17, 15) is 13.2 Å². The Balaban J connectivity index is 0.00000361. The van der Waals surface area contributed by atoms with E-state index in [1.165, 1.54) is 34.8 Å². The summed E-state index contributed by atoms with van der Waals surface area (Å²) in [6.07, 6.45) is 0. The summed E-state index contributed by atoms with van der Waals surface area (Å²) in [7, 11) is 1.60. The summed E-state index contributed by atoms with van der Waals surface area (Å²) in [6.45, 7) is 1.06. The molecule has 3 aromatic carbocycles. The van der Waals surface area contributed by atoms with Crippen molar-refractivity contribution in [2.45, 2.75) is 4.90 Å². The van der Waals surface area contributed by atoms with Crippen LogP contribution in [0.2, 0.25) is 5.02 Å². The van der Waals surface area contributed by atoms with Crippen LogP contribution in [0.1, 0.15) is 10.4 Å². The summed E-state index contributed by atoms with van der Waals surface area (Å²) in [6, 6.07) is 20.3. The zero-order valence-corrected chi connectivity index (χ0v) is 23.1. The topological polar surface area (TPSA) is 73.8 Å². The van der Waals surface area contributed by atoms with E-state index in [-0.39, 0.29) is 23.2 Å². The standard InChI is InChI=1S/C25H25ClN4O3S2.ClH/c1-28(2)15-16-30(25-27-22-14-11-19(26)17-23(22)34-25)24(31)18-9-12-21(13-10-18)35(32,33)29(3)20-7-5-4-6-8-20;/h4-14,17H,15-16H2,1-3H3;1H/p-1. The van der Waals surface area contributed by atoms with Crippen molar-refractivity contribution < 1.29 is 25.6 Å². The van der Waals surface area contributed by atoms with E-state index >= 15 is 0 Å². The molecule has 1 heterocycles. The Labute approximate surface area is 226 Å². The molecule has 0 aliphatic rings. The number of nitrogens with zero attached hydrogens (tertiary/aromatic N) is 4. The van der Waals surface area contributed by atoms with Crippen LogP contribution in [0, 0.1) is 0 Å². The Morgan fingerprint density at radius 3 is 2.25 bits per heavy atom. The first-order valence-corrected chi connectivity index (χ1v) is 13.5. The monoisotopic (exact) mass is 563 g/mol. The quantitative estimate of drug-likeness (QED) is 0.328. The van der Waals surface area contributed by atoms with Crippen molar-refractivity contribution in [3.63, 3.8) is 0 Å². The number of para-hydroxylation sites is 1. The molecule has 36 heavy (non-hydrogen) atoms. The average molecular weight is 565 g/mol. The van der Waals surface area contributed by atoms with E-state index < -0.39 is 10.0 Å². The third-order valence-electron chi connectivity index (χ3n) is 5.47. The van der Waals surface area contributed by atoms with Crippen molar-refractivity contribution >= 4 is 59.9 Å². The number of carbonyl (C=O) groups is 1. The fourth-order valence-corrected chi connectivity index (χ4v) is 5.91. The molecule has 0 atom stereocenters. The van der Waals surface area contributed by atoms with Crippen LogP contribution in [0.4, 0.5) is 10.8 Å². The smallest absolute Gasteiger partial charge is 0.264 e. The molecule has 1 aromatic heterocycles. The highest BCUT2D eigenvalue weighted by molar-refractivity contribution is 7.92. The molecule has 0 saturated heterocycles. The van der Waals surface area contributed by atoms with Gasteiger partial charge >= 0.3 is 0 Å². The predicted octanol–water partition coefficient (Wildman–Crippen LogP) is 1.99. The van der Waals surface area contributed by atoms with Crippen LogP contribution in [0.15, 0.2) is 77.7 Å². The number of amides is 1. The Morgan fingerprint density at radius 2 is 1.61 bits per heavy atom. The maximum Gasteiger partial charge on any atom is 0.264 e. The predicted molar refractivity (Wildman–Crippen MR) is 143 cm³/mol. The van der Waals surface area contributed by atoms with Gasteiger partial charge in [0.25, 0.3) is 15.9 Å². The van der Waals surface area contributed by atoms with Gasteiger partial charge in [-0.25, -0.2) is 13.4 Å². The Morgan fingerprint density at radius 1 is 0.944 bits per heavy atom. The molecule has 11 heteroatoms. The second kappa shape index (κ2) is 11.6. The molecule has 0 saturated carbocycles. The summed E-state index contributed by atoms with van der Waals surface area (Å²) in [5.41, 5.74) is 1.70. The zero-order valence-electron chi connectivity index (χ0n) is 19.9. The lowest BCUT2D eigenvalue weighted by atomic mass is 10.2. The van der Waals surface area contributed by atoms with Gasteiger partial charge in [-0.3, -0.25) is 14.0 Å². The Bertz CT molecular complexity index is 1440. The number of thiazole rings is 1. The van der Waals surface area contributed by atoms with Crippen molar-refractivity contribution in [1.82, 2.24) is 9.88 Å². The number of rotatable bonds is 8. The van der Waals surface area contributed by atoms with Crippen LogP contribution in [0.3, 0.4) is 0 Å². The molecular weight excluding hydrogens is 539 g/mol. The van der Waals surface area contributed by atoms with E-state index in [0.29, 0.717) is 34.5 Å². The van der Waals surface area contributed by atoms with Gasteiger partial charge in [-0.1, -0.05) is 41.1 Å². The summed E-state index contributed by atoms with van der Waals surface area (Å²) < 4.78 is 28.3. The van der Waals surface area contributed by atoms with Crippen LogP contribution < -0.4 is 21.6 Å². The van der Waals surface area contributed by atoms with E-state index in [1.54, 1.807) is 47.4 Å². The number of hydrogen-bond acceptors (Lipinski definition) is 6. The molecule has 0 bridgehead atoms. The zero-order chi connectivity index (χ0) is 25.2. The van der Waals surface area contributed by atoms with Crippen molar-refractivity contribution in [3.8, 4) is 0 Å². The van der Waals surface area contributed by atoms with Crippen LogP contribution in [-0.2, 0) is 10.0 Å². The van der Waals surface area contributed by atoms with Crippen molar-refractivity contribution in [3.05, 3.63) is 83.4 Å². The van der Waals surface area contributed by atoms with Crippen LogP contribution in [-0.4, -0.2) is 58.4 Å². The molecule has 0 N–H and O–H groups in total. The van der Waals surface area contributed by atoms with Gasteiger partial charge in [0.2, 0.25) is 0 Å². The summed E-state index contributed by atoms with van der Waals surface area (Å²) >= 11 is 7.51. The van der Waals surface area contributed by atoms with E-state index in [4.69, 9.17) is 11.6 Å². The van der Waals surface area contributed by atoms with Gasteiger partial charge in [-0.15, -0.1) is 0 Å². The number of sulfonamides is 1. The Kier molecular flexibility index (Phi) is 8.97. The number of benzene rings is 3. The average Bonchev–Trinajstić information content (AvgIpc) is 3.26.